The number of halogens is 1. The van der Waals surface area contributed by atoms with E-state index in [0.717, 1.165) is 24.5 Å². The first-order valence-electron chi connectivity index (χ1n) is 7.03. The van der Waals surface area contributed by atoms with Crippen molar-refractivity contribution in [3.05, 3.63) is 28.8 Å². The van der Waals surface area contributed by atoms with E-state index in [9.17, 15) is 0 Å². The molecule has 0 atom stereocenters. The number of rotatable bonds is 10. The molecule has 108 valence electrons. The van der Waals surface area contributed by atoms with E-state index >= 15 is 0 Å². The molecule has 0 amide bonds. The Bertz CT molecular complexity index is 338. The highest BCUT2D eigenvalue weighted by atomic mass is 35.5. The van der Waals surface area contributed by atoms with Gasteiger partial charge < -0.3 is 14.8 Å². The normalized spacial score (nSPS) is 10.7. The third-order valence-corrected chi connectivity index (χ3v) is 3.16. The number of quaternary nitrogens is 1. The van der Waals surface area contributed by atoms with Crippen LogP contribution < -0.4 is 10.1 Å². The van der Waals surface area contributed by atoms with Gasteiger partial charge in [0.05, 0.1) is 31.3 Å². The zero-order valence-corrected chi connectivity index (χ0v) is 12.7. The van der Waals surface area contributed by atoms with Gasteiger partial charge in [-0.15, -0.1) is 0 Å². The summed E-state index contributed by atoms with van der Waals surface area (Å²) in [5.74, 6) is 0.766. The molecule has 1 aromatic rings. The summed E-state index contributed by atoms with van der Waals surface area (Å²) in [7, 11) is 0. The zero-order valence-electron chi connectivity index (χ0n) is 12.0. The molecule has 0 unspecified atom stereocenters. The standard InChI is InChI=1S/C15H24ClNO2/c1-3-4-8-17-9-10-18-11-12-19-15-13(2)6-5-7-14(15)16/h5-7,17H,3-4,8-12H2,1-2H3/p+1. The van der Waals surface area contributed by atoms with Crippen LogP contribution in [0.25, 0.3) is 0 Å². The van der Waals surface area contributed by atoms with Crippen molar-refractivity contribution in [2.24, 2.45) is 0 Å². The minimum Gasteiger partial charge on any atom is -0.489 e. The number of aryl methyl sites for hydroxylation is 1. The van der Waals surface area contributed by atoms with Gasteiger partial charge in [-0.05, 0) is 25.0 Å². The van der Waals surface area contributed by atoms with Crippen LogP contribution in [0.5, 0.6) is 5.75 Å². The van der Waals surface area contributed by atoms with E-state index in [1.807, 2.05) is 25.1 Å². The second-order valence-electron chi connectivity index (χ2n) is 4.57. The molecule has 3 nitrogen and oxygen atoms in total. The molecule has 1 aromatic carbocycles. The number of benzene rings is 1. The molecule has 0 spiro atoms. The van der Waals surface area contributed by atoms with Gasteiger partial charge in [0, 0.05) is 0 Å². The lowest BCUT2D eigenvalue weighted by molar-refractivity contribution is -0.656. The van der Waals surface area contributed by atoms with Gasteiger partial charge in [-0.1, -0.05) is 37.1 Å². The van der Waals surface area contributed by atoms with E-state index in [4.69, 9.17) is 21.1 Å². The maximum absolute atomic E-state index is 6.07. The van der Waals surface area contributed by atoms with Gasteiger partial charge >= 0.3 is 0 Å². The predicted molar refractivity (Wildman–Crippen MR) is 79.1 cm³/mol. The smallest absolute Gasteiger partial charge is 0.140 e. The van der Waals surface area contributed by atoms with Crippen LogP contribution in [-0.4, -0.2) is 32.9 Å². The Hall–Kier alpha value is -0.770. The largest absolute Gasteiger partial charge is 0.489 e. The fourth-order valence-corrected chi connectivity index (χ4v) is 2.04. The molecule has 0 saturated heterocycles. The lowest BCUT2D eigenvalue weighted by Gasteiger charge is -2.10. The lowest BCUT2D eigenvalue weighted by Crippen LogP contribution is -2.85. The number of para-hydroxylation sites is 1. The van der Waals surface area contributed by atoms with E-state index in [1.54, 1.807) is 0 Å². The van der Waals surface area contributed by atoms with E-state index in [0.29, 0.717) is 18.2 Å². The first kappa shape index (κ1) is 16.3. The molecule has 4 heteroatoms. The second-order valence-corrected chi connectivity index (χ2v) is 4.97. The monoisotopic (exact) mass is 286 g/mol. The summed E-state index contributed by atoms with van der Waals surface area (Å²) in [6.07, 6.45) is 2.53. The van der Waals surface area contributed by atoms with Crippen LogP contribution >= 0.6 is 11.6 Å². The molecule has 0 heterocycles. The lowest BCUT2D eigenvalue weighted by atomic mass is 10.2. The Morgan fingerprint density at radius 3 is 2.74 bits per heavy atom. The molecular weight excluding hydrogens is 262 g/mol. The van der Waals surface area contributed by atoms with Crippen LogP contribution in [0.3, 0.4) is 0 Å². The Morgan fingerprint density at radius 2 is 2.00 bits per heavy atom. The summed E-state index contributed by atoms with van der Waals surface area (Å²) in [6.45, 7) is 8.32. The maximum atomic E-state index is 6.07. The molecule has 0 fully saturated rings. The summed E-state index contributed by atoms with van der Waals surface area (Å²) in [6, 6.07) is 5.76. The highest BCUT2D eigenvalue weighted by Crippen LogP contribution is 2.27. The van der Waals surface area contributed by atoms with Gasteiger partial charge in [-0.25, -0.2) is 0 Å². The summed E-state index contributed by atoms with van der Waals surface area (Å²) < 4.78 is 11.2. The fourth-order valence-electron chi connectivity index (χ4n) is 1.76. The van der Waals surface area contributed by atoms with Gasteiger partial charge in [-0.2, -0.15) is 0 Å². The minimum atomic E-state index is 0.541. The van der Waals surface area contributed by atoms with Crippen LogP contribution in [0.15, 0.2) is 18.2 Å². The molecule has 0 aromatic heterocycles. The highest BCUT2D eigenvalue weighted by Gasteiger charge is 2.04. The first-order valence-corrected chi connectivity index (χ1v) is 7.40. The van der Waals surface area contributed by atoms with E-state index in [1.165, 1.54) is 19.4 Å². The summed E-state index contributed by atoms with van der Waals surface area (Å²) in [5, 5.41) is 2.95. The summed E-state index contributed by atoms with van der Waals surface area (Å²) in [5.41, 5.74) is 1.06. The van der Waals surface area contributed by atoms with Gasteiger partial charge in [0.15, 0.2) is 0 Å². The molecule has 0 aliphatic carbocycles. The number of hydrogen-bond donors (Lipinski definition) is 1. The molecular formula is C15H25ClNO2+. The van der Waals surface area contributed by atoms with Gasteiger partial charge in [0.25, 0.3) is 0 Å². The fraction of sp³-hybridized carbons (Fsp3) is 0.600. The molecule has 19 heavy (non-hydrogen) atoms. The van der Waals surface area contributed by atoms with Crippen molar-refractivity contribution >= 4 is 11.6 Å². The average molecular weight is 287 g/mol. The van der Waals surface area contributed by atoms with Crippen LogP contribution in [0.1, 0.15) is 25.3 Å². The molecule has 0 bridgehead atoms. The third kappa shape index (κ3) is 6.81. The third-order valence-electron chi connectivity index (χ3n) is 2.87. The SMILES string of the molecule is CCCC[NH2+]CCOCCOc1c(C)cccc1Cl. The Kier molecular flexibility index (Phi) is 8.63. The van der Waals surface area contributed by atoms with Crippen molar-refractivity contribution in [3.8, 4) is 5.75 Å². The van der Waals surface area contributed by atoms with E-state index < -0.39 is 0 Å². The zero-order chi connectivity index (χ0) is 13.9. The Morgan fingerprint density at radius 1 is 1.16 bits per heavy atom. The number of nitrogens with two attached hydrogens (primary N) is 1. The predicted octanol–water partition coefficient (Wildman–Crippen LogP) is 2.41. The topological polar surface area (TPSA) is 35.1 Å². The van der Waals surface area contributed by atoms with Crippen LogP contribution in [0.4, 0.5) is 0 Å². The number of ether oxygens (including phenoxy) is 2. The van der Waals surface area contributed by atoms with Gasteiger partial charge in [0.2, 0.25) is 0 Å². The minimum absolute atomic E-state index is 0.541. The second kappa shape index (κ2) is 10.1. The molecule has 0 aliphatic heterocycles. The van der Waals surface area contributed by atoms with E-state index in [2.05, 4.69) is 12.2 Å². The van der Waals surface area contributed by atoms with Crippen molar-refractivity contribution in [2.45, 2.75) is 26.7 Å². The van der Waals surface area contributed by atoms with Crippen LogP contribution in [0, 0.1) is 6.92 Å². The Balaban J connectivity index is 2.05. The summed E-state index contributed by atoms with van der Waals surface area (Å²) >= 11 is 6.07. The van der Waals surface area contributed by atoms with Crippen molar-refractivity contribution in [1.29, 1.82) is 0 Å². The summed E-state index contributed by atoms with van der Waals surface area (Å²) in [4.78, 5) is 0. The number of unbranched alkanes of at least 4 members (excludes halogenated alkanes) is 1. The Labute approximate surface area is 121 Å². The molecule has 0 aliphatic rings. The van der Waals surface area contributed by atoms with Crippen molar-refractivity contribution in [3.63, 3.8) is 0 Å². The van der Waals surface area contributed by atoms with Crippen LogP contribution in [-0.2, 0) is 4.74 Å². The number of hydrogen-bond acceptors (Lipinski definition) is 2. The van der Waals surface area contributed by atoms with Crippen molar-refractivity contribution in [2.75, 3.05) is 32.9 Å². The molecule has 0 radical (unpaired) electrons. The van der Waals surface area contributed by atoms with Crippen LogP contribution in [0.2, 0.25) is 5.02 Å². The molecule has 2 N–H and O–H groups in total. The van der Waals surface area contributed by atoms with Gasteiger partial charge in [-0.3, -0.25) is 0 Å². The quantitative estimate of drug-likeness (QED) is 0.671. The van der Waals surface area contributed by atoms with Gasteiger partial charge in [0.1, 0.15) is 12.4 Å². The van der Waals surface area contributed by atoms with Crippen molar-refractivity contribution < 1.29 is 14.8 Å². The molecule has 1 rings (SSSR count). The maximum Gasteiger partial charge on any atom is 0.140 e. The highest BCUT2D eigenvalue weighted by molar-refractivity contribution is 6.32. The van der Waals surface area contributed by atoms with E-state index in [-0.39, 0.29) is 0 Å². The molecule has 0 saturated carbocycles. The first-order chi connectivity index (χ1) is 9.25. The average Bonchev–Trinajstić information content (AvgIpc) is 2.40. The van der Waals surface area contributed by atoms with Crippen molar-refractivity contribution in [1.82, 2.24) is 0 Å².